The highest BCUT2D eigenvalue weighted by molar-refractivity contribution is 9.10. The van der Waals surface area contributed by atoms with Crippen molar-refractivity contribution in [1.82, 2.24) is 0 Å². The van der Waals surface area contributed by atoms with Crippen LogP contribution in [0.2, 0.25) is 0 Å². The Labute approximate surface area is 104 Å². The van der Waals surface area contributed by atoms with Gasteiger partial charge in [-0.1, -0.05) is 15.9 Å². The molecule has 0 unspecified atom stereocenters. The maximum atomic E-state index is 11.2. The second-order valence-electron chi connectivity index (χ2n) is 6.29. The van der Waals surface area contributed by atoms with Crippen LogP contribution in [0.4, 0.5) is 0 Å². The summed E-state index contributed by atoms with van der Waals surface area (Å²) in [6, 6.07) is -0.671. The van der Waals surface area contributed by atoms with E-state index < -0.39 is 12.0 Å². The number of alkyl halides is 1. The van der Waals surface area contributed by atoms with Crippen LogP contribution in [0, 0.1) is 17.3 Å². The lowest BCUT2D eigenvalue weighted by atomic mass is 9.47. The first-order valence-electron chi connectivity index (χ1n) is 6.10. The van der Waals surface area contributed by atoms with Gasteiger partial charge in [-0.3, -0.25) is 4.79 Å². The molecule has 0 heterocycles. The Morgan fingerprint density at radius 2 is 1.88 bits per heavy atom. The van der Waals surface area contributed by atoms with E-state index in [1.807, 2.05) is 0 Å². The van der Waals surface area contributed by atoms with Crippen LogP contribution in [0.3, 0.4) is 0 Å². The molecular formula is C12H18BrNO2. The van der Waals surface area contributed by atoms with E-state index in [1.54, 1.807) is 0 Å². The van der Waals surface area contributed by atoms with E-state index in [9.17, 15) is 9.90 Å². The lowest BCUT2D eigenvalue weighted by Gasteiger charge is -2.61. The van der Waals surface area contributed by atoms with Gasteiger partial charge >= 0.3 is 5.97 Å². The minimum atomic E-state index is -0.821. The fraction of sp³-hybridized carbons (Fsp3) is 0.917. The van der Waals surface area contributed by atoms with Crippen LogP contribution in [0.1, 0.15) is 38.5 Å². The molecule has 90 valence electrons. The van der Waals surface area contributed by atoms with Crippen molar-refractivity contribution < 1.29 is 9.90 Å². The number of nitrogens with two attached hydrogens (primary N) is 1. The molecular weight excluding hydrogens is 270 g/mol. The molecule has 0 saturated heterocycles. The van der Waals surface area contributed by atoms with Gasteiger partial charge in [-0.15, -0.1) is 0 Å². The zero-order chi connectivity index (χ0) is 11.6. The molecule has 0 aromatic rings. The van der Waals surface area contributed by atoms with Crippen molar-refractivity contribution in [3.8, 4) is 0 Å². The maximum Gasteiger partial charge on any atom is 0.321 e. The van der Waals surface area contributed by atoms with E-state index in [-0.39, 0.29) is 9.74 Å². The molecule has 16 heavy (non-hydrogen) atoms. The van der Waals surface area contributed by atoms with E-state index in [4.69, 9.17) is 5.73 Å². The molecule has 4 bridgehead atoms. The maximum absolute atomic E-state index is 11.2. The number of hydrogen-bond acceptors (Lipinski definition) is 2. The van der Waals surface area contributed by atoms with Crippen LogP contribution in [-0.4, -0.2) is 21.4 Å². The molecule has 4 rings (SSSR count). The van der Waals surface area contributed by atoms with Crippen molar-refractivity contribution >= 4 is 21.9 Å². The average Bonchev–Trinajstić information content (AvgIpc) is 2.12. The van der Waals surface area contributed by atoms with E-state index in [0.29, 0.717) is 11.8 Å². The summed E-state index contributed by atoms with van der Waals surface area (Å²) in [4.78, 5) is 11.2. The molecule has 4 heteroatoms. The zero-order valence-corrected chi connectivity index (χ0v) is 10.9. The molecule has 4 saturated carbocycles. The minimum Gasteiger partial charge on any atom is -0.480 e. The third-order valence-electron chi connectivity index (χ3n) is 4.96. The van der Waals surface area contributed by atoms with E-state index in [0.717, 1.165) is 19.3 Å². The van der Waals surface area contributed by atoms with E-state index in [2.05, 4.69) is 15.9 Å². The van der Waals surface area contributed by atoms with Crippen LogP contribution in [0.25, 0.3) is 0 Å². The summed E-state index contributed by atoms with van der Waals surface area (Å²) in [6.07, 6.45) is 6.76. The standard InChI is InChI=1S/C12H18BrNO2/c13-12-4-7-1-8(5-12)3-11(2-7,6-12)9(14)10(15)16/h7-9H,1-6,14H2,(H,15,16)/t7-,8-,9+,11?,12?/m1/s1. The Hall–Kier alpha value is -0.0900. The van der Waals surface area contributed by atoms with Crippen molar-refractivity contribution in [3.63, 3.8) is 0 Å². The van der Waals surface area contributed by atoms with Crippen LogP contribution >= 0.6 is 15.9 Å². The molecule has 0 amide bonds. The van der Waals surface area contributed by atoms with Gasteiger partial charge in [0.25, 0.3) is 0 Å². The van der Waals surface area contributed by atoms with E-state index in [1.165, 1.54) is 19.3 Å². The zero-order valence-electron chi connectivity index (χ0n) is 9.29. The topological polar surface area (TPSA) is 63.3 Å². The highest BCUT2D eigenvalue weighted by Crippen LogP contribution is 2.65. The van der Waals surface area contributed by atoms with E-state index >= 15 is 0 Å². The lowest BCUT2D eigenvalue weighted by Crippen LogP contribution is -2.61. The van der Waals surface area contributed by atoms with Gasteiger partial charge in [0, 0.05) is 4.32 Å². The fourth-order valence-corrected chi connectivity index (χ4v) is 6.32. The summed E-state index contributed by atoms with van der Waals surface area (Å²) in [7, 11) is 0. The van der Waals surface area contributed by atoms with Gasteiger partial charge in [0.1, 0.15) is 6.04 Å². The largest absolute Gasteiger partial charge is 0.480 e. The molecule has 0 aromatic carbocycles. The van der Waals surface area contributed by atoms with Crippen LogP contribution in [0.15, 0.2) is 0 Å². The highest BCUT2D eigenvalue weighted by atomic mass is 79.9. The molecule has 0 aliphatic heterocycles. The van der Waals surface area contributed by atoms with Gasteiger partial charge in [-0.2, -0.15) is 0 Å². The number of halogens is 1. The molecule has 0 radical (unpaired) electrons. The lowest BCUT2D eigenvalue weighted by molar-refractivity contribution is -0.147. The molecule has 3 nitrogen and oxygen atoms in total. The summed E-state index contributed by atoms with van der Waals surface area (Å²) in [5.74, 6) is 0.579. The van der Waals surface area contributed by atoms with Gasteiger partial charge in [-0.05, 0) is 55.8 Å². The third kappa shape index (κ3) is 1.46. The summed E-state index contributed by atoms with van der Waals surface area (Å²) in [5.41, 5.74) is 5.83. The van der Waals surface area contributed by atoms with Crippen LogP contribution < -0.4 is 5.73 Å². The molecule has 0 spiro atoms. The van der Waals surface area contributed by atoms with Gasteiger partial charge in [0.15, 0.2) is 0 Å². The van der Waals surface area contributed by atoms with Gasteiger partial charge in [-0.25, -0.2) is 0 Å². The number of rotatable bonds is 2. The summed E-state index contributed by atoms with van der Waals surface area (Å²) < 4.78 is 0.199. The minimum absolute atomic E-state index is 0.126. The smallest absolute Gasteiger partial charge is 0.321 e. The molecule has 4 aliphatic rings. The predicted molar refractivity (Wildman–Crippen MR) is 64.4 cm³/mol. The van der Waals surface area contributed by atoms with Crippen molar-refractivity contribution in [1.29, 1.82) is 0 Å². The molecule has 0 aromatic heterocycles. The Balaban J connectivity index is 1.94. The second-order valence-corrected chi connectivity index (χ2v) is 7.97. The van der Waals surface area contributed by atoms with Gasteiger partial charge in [0.2, 0.25) is 0 Å². The highest BCUT2D eigenvalue weighted by Gasteiger charge is 2.59. The van der Waals surface area contributed by atoms with Gasteiger partial charge in [0.05, 0.1) is 0 Å². The van der Waals surface area contributed by atoms with Crippen molar-refractivity contribution in [2.45, 2.75) is 48.9 Å². The molecule has 4 aliphatic carbocycles. The van der Waals surface area contributed by atoms with Crippen LogP contribution in [-0.2, 0) is 4.79 Å². The Bertz CT molecular complexity index is 330. The number of aliphatic carboxylic acids is 1. The fourth-order valence-electron chi connectivity index (χ4n) is 4.85. The SMILES string of the molecule is N[C@@H](C(=O)O)C12C[C@H]3C[C@@H](CC(Br)(C3)C1)C2. The predicted octanol–water partition coefficient (Wildman–Crippen LogP) is 2.13. The van der Waals surface area contributed by atoms with Crippen LogP contribution in [0.5, 0.6) is 0 Å². The number of hydrogen-bond donors (Lipinski definition) is 2. The Morgan fingerprint density at radius 1 is 1.31 bits per heavy atom. The Kier molecular flexibility index (Phi) is 2.22. The first kappa shape index (κ1) is 11.0. The first-order valence-corrected chi connectivity index (χ1v) is 6.89. The average molecular weight is 288 g/mol. The second kappa shape index (κ2) is 3.22. The normalized spacial score (nSPS) is 51.6. The third-order valence-corrected chi connectivity index (χ3v) is 5.89. The first-order chi connectivity index (χ1) is 7.42. The quantitative estimate of drug-likeness (QED) is 0.765. The monoisotopic (exact) mass is 287 g/mol. The molecule has 4 fully saturated rings. The Morgan fingerprint density at radius 3 is 2.31 bits per heavy atom. The number of carboxylic acid groups (broad SMARTS) is 1. The summed E-state index contributed by atoms with van der Waals surface area (Å²) in [6.45, 7) is 0. The van der Waals surface area contributed by atoms with Gasteiger partial charge < -0.3 is 10.8 Å². The molecule has 3 N–H and O–H groups in total. The molecule has 3 atom stereocenters. The summed E-state index contributed by atoms with van der Waals surface area (Å²) >= 11 is 3.86. The van der Waals surface area contributed by atoms with Crippen molar-refractivity contribution in [3.05, 3.63) is 0 Å². The number of carboxylic acids is 1. The number of carbonyl (C=O) groups is 1. The summed E-state index contributed by atoms with van der Waals surface area (Å²) in [5, 5.41) is 9.19. The van der Waals surface area contributed by atoms with Crippen molar-refractivity contribution in [2.75, 3.05) is 0 Å². The van der Waals surface area contributed by atoms with Crippen molar-refractivity contribution in [2.24, 2.45) is 23.0 Å².